The normalized spacial score (nSPS) is 16.3. The number of nitro groups is 1. The lowest BCUT2D eigenvalue weighted by molar-refractivity contribution is -0.385. The third-order valence-electron chi connectivity index (χ3n) is 5.56. The van der Waals surface area contributed by atoms with Gasteiger partial charge in [-0.1, -0.05) is 18.2 Å². The maximum atomic E-state index is 13.1. The SMILES string of the molecule is Cc1ccc([N+](=O)[O-])cc1S(=O)(=O)N1CCC(Cn2cnc3ccccc32)CC1. The molecular formula is C20H22N4O4S. The molecule has 0 unspecified atom stereocenters. The predicted molar refractivity (Wildman–Crippen MR) is 109 cm³/mol. The van der Waals surface area contributed by atoms with Gasteiger partial charge in [-0.05, 0) is 43.4 Å². The molecule has 0 aliphatic carbocycles. The van der Waals surface area contributed by atoms with Crippen molar-refractivity contribution in [2.24, 2.45) is 5.92 Å². The molecule has 1 fully saturated rings. The summed E-state index contributed by atoms with van der Waals surface area (Å²) in [6.07, 6.45) is 3.31. The van der Waals surface area contributed by atoms with Crippen molar-refractivity contribution in [1.82, 2.24) is 13.9 Å². The zero-order valence-electron chi connectivity index (χ0n) is 16.1. The standard InChI is InChI=1S/C20H22N4O4S/c1-15-6-7-17(24(25)26)12-20(15)29(27,28)23-10-8-16(9-11-23)13-22-14-21-18-4-2-3-5-19(18)22/h2-7,12,14,16H,8-11,13H2,1H3. The molecule has 0 spiro atoms. The number of nitro benzene ring substituents is 1. The summed E-state index contributed by atoms with van der Waals surface area (Å²) in [7, 11) is -3.76. The van der Waals surface area contributed by atoms with Crippen molar-refractivity contribution in [2.45, 2.75) is 31.2 Å². The van der Waals surface area contributed by atoms with Crippen molar-refractivity contribution in [3.63, 3.8) is 0 Å². The van der Waals surface area contributed by atoms with Gasteiger partial charge in [-0.3, -0.25) is 10.1 Å². The molecule has 1 saturated heterocycles. The molecule has 0 bridgehead atoms. The molecular weight excluding hydrogens is 392 g/mol. The lowest BCUT2D eigenvalue weighted by Crippen LogP contribution is -2.39. The van der Waals surface area contributed by atoms with Crippen LogP contribution in [0.4, 0.5) is 5.69 Å². The maximum Gasteiger partial charge on any atom is 0.270 e. The molecule has 1 aliphatic rings. The maximum absolute atomic E-state index is 13.1. The molecule has 152 valence electrons. The van der Waals surface area contributed by atoms with Crippen LogP contribution in [0, 0.1) is 23.0 Å². The first-order valence-electron chi connectivity index (χ1n) is 9.51. The average molecular weight is 414 g/mol. The minimum absolute atomic E-state index is 0.0192. The van der Waals surface area contributed by atoms with Crippen LogP contribution < -0.4 is 0 Å². The molecule has 0 radical (unpaired) electrons. The lowest BCUT2D eigenvalue weighted by Gasteiger charge is -2.31. The summed E-state index contributed by atoms with van der Waals surface area (Å²) in [5, 5.41) is 11.0. The summed E-state index contributed by atoms with van der Waals surface area (Å²) in [5.74, 6) is 0.352. The van der Waals surface area contributed by atoms with Gasteiger partial charge in [0.15, 0.2) is 0 Å². The fourth-order valence-electron chi connectivity index (χ4n) is 3.89. The Hall–Kier alpha value is -2.78. The van der Waals surface area contributed by atoms with E-state index in [1.165, 1.54) is 16.4 Å². The van der Waals surface area contributed by atoms with E-state index in [4.69, 9.17) is 0 Å². The highest BCUT2D eigenvalue weighted by Crippen LogP contribution is 2.29. The first-order valence-corrected chi connectivity index (χ1v) is 11.0. The number of imidazole rings is 1. The lowest BCUT2D eigenvalue weighted by atomic mass is 9.98. The van der Waals surface area contributed by atoms with Crippen molar-refractivity contribution < 1.29 is 13.3 Å². The highest BCUT2D eigenvalue weighted by atomic mass is 32.2. The molecule has 0 saturated carbocycles. The van der Waals surface area contributed by atoms with Gasteiger partial charge in [0.2, 0.25) is 10.0 Å². The number of rotatable bonds is 5. The number of fused-ring (bicyclic) bond motifs is 1. The van der Waals surface area contributed by atoms with Crippen molar-refractivity contribution in [3.05, 3.63) is 64.5 Å². The number of piperidine rings is 1. The minimum Gasteiger partial charge on any atom is -0.330 e. The van der Waals surface area contributed by atoms with E-state index in [0.29, 0.717) is 24.6 Å². The van der Waals surface area contributed by atoms with Crippen LogP contribution in [0.3, 0.4) is 0 Å². The van der Waals surface area contributed by atoms with Crippen LogP contribution in [0.2, 0.25) is 0 Å². The Bertz CT molecular complexity index is 1160. The fourth-order valence-corrected chi connectivity index (χ4v) is 5.60. The number of sulfonamides is 1. The van der Waals surface area contributed by atoms with Gasteiger partial charge in [0.05, 0.1) is 27.2 Å². The number of nitrogens with zero attached hydrogens (tertiary/aromatic N) is 4. The van der Waals surface area contributed by atoms with Gasteiger partial charge in [0, 0.05) is 31.8 Å². The van der Waals surface area contributed by atoms with Gasteiger partial charge in [-0.25, -0.2) is 13.4 Å². The first-order chi connectivity index (χ1) is 13.9. The van der Waals surface area contributed by atoms with Gasteiger partial charge in [0.25, 0.3) is 5.69 Å². The van der Waals surface area contributed by atoms with E-state index in [-0.39, 0.29) is 10.6 Å². The molecule has 2 aromatic carbocycles. The van der Waals surface area contributed by atoms with Crippen LogP contribution in [-0.4, -0.2) is 40.3 Å². The molecule has 0 N–H and O–H groups in total. The number of benzene rings is 2. The van der Waals surface area contributed by atoms with Gasteiger partial charge in [0.1, 0.15) is 0 Å². The summed E-state index contributed by atoms with van der Waals surface area (Å²) >= 11 is 0. The molecule has 4 rings (SSSR count). The zero-order valence-corrected chi connectivity index (χ0v) is 16.9. The number of hydrogen-bond acceptors (Lipinski definition) is 5. The van der Waals surface area contributed by atoms with Crippen LogP contribution in [0.5, 0.6) is 0 Å². The van der Waals surface area contributed by atoms with Gasteiger partial charge < -0.3 is 4.57 Å². The molecule has 2 heterocycles. The molecule has 9 heteroatoms. The molecule has 1 aromatic heterocycles. The number of aromatic nitrogens is 2. The van der Waals surface area contributed by atoms with E-state index in [0.717, 1.165) is 36.5 Å². The number of non-ortho nitro benzene ring substituents is 1. The molecule has 8 nitrogen and oxygen atoms in total. The molecule has 1 aliphatic heterocycles. The van der Waals surface area contributed by atoms with Crippen molar-refractivity contribution in [3.8, 4) is 0 Å². The van der Waals surface area contributed by atoms with Crippen molar-refractivity contribution >= 4 is 26.7 Å². The summed E-state index contributed by atoms with van der Waals surface area (Å²) < 4.78 is 29.7. The Morgan fingerprint density at radius 2 is 1.90 bits per heavy atom. The smallest absolute Gasteiger partial charge is 0.270 e. The molecule has 29 heavy (non-hydrogen) atoms. The van der Waals surface area contributed by atoms with E-state index < -0.39 is 14.9 Å². The third-order valence-corrected chi connectivity index (χ3v) is 7.60. The van der Waals surface area contributed by atoms with Crippen LogP contribution >= 0.6 is 0 Å². The topological polar surface area (TPSA) is 98.3 Å². The van der Waals surface area contributed by atoms with E-state index in [9.17, 15) is 18.5 Å². The molecule has 0 amide bonds. The Labute approximate surface area is 169 Å². The van der Waals surface area contributed by atoms with Gasteiger partial charge in [-0.15, -0.1) is 0 Å². The highest BCUT2D eigenvalue weighted by molar-refractivity contribution is 7.89. The van der Waals surface area contributed by atoms with E-state index in [1.807, 2.05) is 30.6 Å². The first kappa shape index (κ1) is 19.5. The molecule has 0 atom stereocenters. The van der Waals surface area contributed by atoms with E-state index in [2.05, 4.69) is 9.55 Å². The van der Waals surface area contributed by atoms with Crippen LogP contribution in [0.1, 0.15) is 18.4 Å². The second-order valence-electron chi connectivity index (χ2n) is 7.44. The number of hydrogen-bond donors (Lipinski definition) is 0. The Morgan fingerprint density at radius 1 is 1.17 bits per heavy atom. The van der Waals surface area contributed by atoms with Crippen LogP contribution in [0.15, 0.2) is 53.7 Å². The number of aryl methyl sites for hydroxylation is 1. The second kappa shape index (κ2) is 7.57. The van der Waals surface area contributed by atoms with Crippen LogP contribution in [0.25, 0.3) is 11.0 Å². The second-order valence-corrected chi connectivity index (χ2v) is 9.35. The van der Waals surface area contributed by atoms with Crippen molar-refractivity contribution in [1.29, 1.82) is 0 Å². The Kier molecular flexibility index (Phi) is 5.10. The summed E-state index contributed by atoms with van der Waals surface area (Å²) in [6, 6.07) is 11.9. The third kappa shape index (κ3) is 3.75. The Balaban J connectivity index is 1.48. The van der Waals surface area contributed by atoms with E-state index in [1.54, 1.807) is 6.92 Å². The largest absolute Gasteiger partial charge is 0.330 e. The summed E-state index contributed by atoms with van der Waals surface area (Å²) in [4.78, 5) is 14.9. The van der Waals surface area contributed by atoms with Gasteiger partial charge >= 0.3 is 0 Å². The van der Waals surface area contributed by atoms with Crippen LogP contribution in [-0.2, 0) is 16.6 Å². The zero-order chi connectivity index (χ0) is 20.6. The average Bonchev–Trinajstić information content (AvgIpc) is 3.11. The highest BCUT2D eigenvalue weighted by Gasteiger charge is 2.31. The summed E-state index contributed by atoms with van der Waals surface area (Å²) in [6.45, 7) is 3.27. The summed E-state index contributed by atoms with van der Waals surface area (Å²) in [5.41, 5.74) is 2.34. The minimum atomic E-state index is -3.76. The fraction of sp³-hybridized carbons (Fsp3) is 0.350. The monoisotopic (exact) mass is 414 g/mol. The predicted octanol–water partition coefficient (Wildman–Crippen LogP) is 3.35. The number of para-hydroxylation sites is 2. The van der Waals surface area contributed by atoms with Crippen molar-refractivity contribution in [2.75, 3.05) is 13.1 Å². The van der Waals surface area contributed by atoms with E-state index >= 15 is 0 Å². The Morgan fingerprint density at radius 3 is 2.62 bits per heavy atom. The molecule has 3 aromatic rings. The quantitative estimate of drug-likeness (QED) is 0.471. The van der Waals surface area contributed by atoms with Gasteiger partial charge in [-0.2, -0.15) is 4.31 Å².